The molecule has 1 nitrogen and oxygen atoms in total. The molecule has 0 saturated heterocycles. The fourth-order valence-corrected chi connectivity index (χ4v) is 0.868. The van der Waals surface area contributed by atoms with Gasteiger partial charge in [0.25, 0.3) is 0 Å². The van der Waals surface area contributed by atoms with Crippen molar-refractivity contribution in [3.8, 4) is 0 Å². The maximum Gasteiger partial charge on any atom is 0.0861 e. The first-order valence-electron chi connectivity index (χ1n) is 4.33. The lowest BCUT2D eigenvalue weighted by Gasteiger charge is -1.93. The molecular formula is C10H18O. The fourth-order valence-electron chi connectivity index (χ4n) is 0.868. The molecule has 0 saturated carbocycles. The van der Waals surface area contributed by atoms with E-state index in [9.17, 15) is 0 Å². The molecular weight excluding hydrogens is 136 g/mol. The van der Waals surface area contributed by atoms with Gasteiger partial charge in [-0.3, -0.25) is 0 Å². The summed E-state index contributed by atoms with van der Waals surface area (Å²) >= 11 is 0. The SMILES string of the molecule is C=CO/C=C/CCCCCC. The van der Waals surface area contributed by atoms with Crippen molar-refractivity contribution in [2.24, 2.45) is 0 Å². The monoisotopic (exact) mass is 154 g/mol. The quantitative estimate of drug-likeness (QED) is 0.402. The van der Waals surface area contributed by atoms with Crippen molar-refractivity contribution >= 4 is 0 Å². The Bertz CT molecular complexity index is 105. The molecule has 0 aliphatic rings. The van der Waals surface area contributed by atoms with Crippen molar-refractivity contribution in [1.82, 2.24) is 0 Å². The van der Waals surface area contributed by atoms with Crippen LogP contribution in [0.25, 0.3) is 0 Å². The third-order valence-corrected chi connectivity index (χ3v) is 1.50. The van der Waals surface area contributed by atoms with Gasteiger partial charge in [0.15, 0.2) is 0 Å². The summed E-state index contributed by atoms with van der Waals surface area (Å²) in [6, 6.07) is 0. The van der Waals surface area contributed by atoms with Crippen molar-refractivity contribution in [3.63, 3.8) is 0 Å². The Morgan fingerprint density at radius 1 is 1.27 bits per heavy atom. The van der Waals surface area contributed by atoms with Gasteiger partial charge in [-0.05, 0) is 18.9 Å². The maximum atomic E-state index is 4.82. The lowest BCUT2D eigenvalue weighted by atomic mass is 10.2. The van der Waals surface area contributed by atoms with Crippen molar-refractivity contribution in [2.45, 2.75) is 39.0 Å². The Morgan fingerprint density at radius 3 is 2.73 bits per heavy atom. The number of hydrogen-bond acceptors (Lipinski definition) is 1. The van der Waals surface area contributed by atoms with Crippen LogP contribution in [0, 0.1) is 0 Å². The minimum absolute atomic E-state index is 1.12. The predicted octanol–water partition coefficient (Wildman–Crippen LogP) is 3.63. The van der Waals surface area contributed by atoms with Gasteiger partial charge in [0.2, 0.25) is 0 Å². The molecule has 0 amide bonds. The van der Waals surface area contributed by atoms with E-state index in [1.54, 1.807) is 6.26 Å². The highest BCUT2D eigenvalue weighted by atomic mass is 16.5. The molecule has 0 aliphatic carbocycles. The van der Waals surface area contributed by atoms with Gasteiger partial charge >= 0.3 is 0 Å². The number of allylic oxidation sites excluding steroid dienone is 1. The van der Waals surface area contributed by atoms with E-state index in [0.717, 1.165) is 6.42 Å². The van der Waals surface area contributed by atoms with Crippen LogP contribution in [0.5, 0.6) is 0 Å². The number of ether oxygens (including phenoxy) is 1. The van der Waals surface area contributed by atoms with Crippen molar-refractivity contribution < 1.29 is 4.74 Å². The zero-order chi connectivity index (χ0) is 8.36. The Labute approximate surface area is 69.8 Å². The van der Waals surface area contributed by atoms with Gasteiger partial charge in [-0.25, -0.2) is 0 Å². The van der Waals surface area contributed by atoms with Crippen molar-refractivity contribution in [2.75, 3.05) is 0 Å². The molecule has 0 aliphatic heterocycles. The van der Waals surface area contributed by atoms with Crippen LogP contribution in [0.3, 0.4) is 0 Å². The zero-order valence-electron chi connectivity index (χ0n) is 7.38. The molecule has 0 atom stereocenters. The molecule has 0 aromatic rings. The summed E-state index contributed by atoms with van der Waals surface area (Å²) in [4.78, 5) is 0. The summed E-state index contributed by atoms with van der Waals surface area (Å²) < 4.78 is 4.82. The number of unbranched alkanes of at least 4 members (excludes halogenated alkanes) is 4. The highest BCUT2D eigenvalue weighted by Gasteiger charge is 1.83. The van der Waals surface area contributed by atoms with Crippen LogP contribution in [-0.2, 0) is 4.74 Å². The first-order valence-corrected chi connectivity index (χ1v) is 4.33. The van der Waals surface area contributed by atoms with E-state index in [2.05, 4.69) is 13.5 Å². The molecule has 1 heteroatoms. The van der Waals surface area contributed by atoms with Crippen molar-refractivity contribution in [3.05, 3.63) is 25.2 Å². The van der Waals surface area contributed by atoms with Crippen LogP contribution in [0.2, 0.25) is 0 Å². The van der Waals surface area contributed by atoms with Crippen LogP contribution in [0.15, 0.2) is 25.2 Å². The topological polar surface area (TPSA) is 9.23 Å². The molecule has 11 heavy (non-hydrogen) atoms. The lowest BCUT2D eigenvalue weighted by Crippen LogP contribution is -1.73. The van der Waals surface area contributed by atoms with E-state index >= 15 is 0 Å². The van der Waals surface area contributed by atoms with E-state index in [0.29, 0.717) is 0 Å². The van der Waals surface area contributed by atoms with Crippen LogP contribution >= 0.6 is 0 Å². The molecule has 0 aromatic carbocycles. The fraction of sp³-hybridized carbons (Fsp3) is 0.600. The Hall–Kier alpha value is -0.720. The van der Waals surface area contributed by atoms with Crippen LogP contribution < -0.4 is 0 Å². The molecule has 0 aromatic heterocycles. The molecule has 0 N–H and O–H groups in total. The summed E-state index contributed by atoms with van der Waals surface area (Å²) in [5.74, 6) is 0. The summed E-state index contributed by atoms with van der Waals surface area (Å²) in [5, 5.41) is 0. The van der Waals surface area contributed by atoms with E-state index in [1.165, 1.54) is 31.9 Å². The first-order chi connectivity index (χ1) is 5.41. The average molecular weight is 154 g/mol. The van der Waals surface area contributed by atoms with Gasteiger partial charge in [0.05, 0.1) is 12.5 Å². The molecule has 0 heterocycles. The third-order valence-electron chi connectivity index (χ3n) is 1.50. The second-order valence-corrected chi connectivity index (χ2v) is 2.52. The van der Waals surface area contributed by atoms with E-state index in [1.807, 2.05) is 6.08 Å². The summed E-state index contributed by atoms with van der Waals surface area (Å²) in [7, 11) is 0. The molecule has 0 radical (unpaired) electrons. The second-order valence-electron chi connectivity index (χ2n) is 2.52. The van der Waals surface area contributed by atoms with E-state index < -0.39 is 0 Å². The molecule has 64 valence electrons. The van der Waals surface area contributed by atoms with Crippen LogP contribution in [0.1, 0.15) is 39.0 Å². The summed E-state index contributed by atoms with van der Waals surface area (Å²) in [5.41, 5.74) is 0. The minimum Gasteiger partial charge on any atom is -0.474 e. The van der Waals surface area contributed by atoms with E-state index in [-0.39, 0.29) is 0 Å². The van der Waals surface area contributed by atoms with Gasteiger partial charge in [-0.15, -0.1) is 0 Å². The molecule has 0 rings (SSSR count). The van der Waals surface area contributed by atoms with Gasteiger partial charge in [0.1, 0.15) is 0 Å². The lowest BCUT2D eigenvalue weighted by molar-refractivity contribution is 0.402. The largest absolute Gasteiger partial charge is 0.474 e. The van der Waals surface area contributed by atoms with Gasteiger partial charge < -0.3 is 4.74 Å². The van der Waals surface area contributed by atoms with Gasteiger partial charge in [0, 0.05) is 0 Å². The summed E-state index contributed by atoms with van der Waals surface area (Å²) in [6.45, 7) is 5.65. The van der Waals surface area contributed by atoms with Crippen molar-refractivity contribution in [1.29, 1.82) is 0 Å². The Kier molecular flexibility index (Phi) is 8.67. The number of rotatable bonds is 7. The Balaban J connectivity index is 2.94. The zero-order valence-corrected chi connectivity index (χ0v) is 7.38. The third kappa shape index (κ3) is 9.28. The molecule has 0 fully saturated rings. The smallest absolute Gasteiger partial charge is 0.0861 e. The number of hydrogen-bond donors (Lipinski definition) is 0. The Morgan fingerprint density at radius 2 is 2.09 bits per heavy atom. The minimum atomic E-state index is 1.12. The van der Waals surface area contributed by atoms with Crippen LogP contribution in [0.4, 0.5) is 0 Å². The predicted molar refractivity (Wildman–Crippen MR) is 49.2 cm³/mol. The molecule has 0 bridgehead atoms. The standard InChI is InChI=1S/C10H18O/c1-3-5-6-7-8-9-10-11-4-2/h4,9-10H,2-3,5-8H2,1H3/b10-9+. The molecule has 0 spiro atoms. The maximum absolute atomic E-state index is 4.82. The average Bonchev–Trinajstić information content (AvgIpc) is 2.03. The normalized spacial score (nSPS) is 10.3. The molecule has 0 unspecified atom stereocenters. The van der Waals surface area contributed by atoms with Gasteiger partial charge in [-0.2, -0.15) is 0 Å². The highest BCUT2D eigenvalue weighted by Crippen LogP contribution is 2.02. The highest BCUT2D eigenvalue weighted by molar-refractivity contribution is 4.74. The second kappa shape index (κ2) is 9.28. The first kappa shape index (κ1) is 10.3. The summed E-state index contributed by atoms with van der Waals surface area (Å²) in [6.07, 6.45) is 11.5. The van der Waals surface area contributed by atoms with E-state index in [4.69, 9.17) is 4.74 Å². The van der Waals surface area contributed by atoms with Gasteiger partial charge in [-0.1, -0.05) is 32.8 Å². The van der Waals surface area contributed by atoms with Crippen LogP contribution in [-0.4, -0.2) is 0 Å².